The number of hydrogen-bond donors (Lipinski definition) is 1. The molecule has 7 heteroatoms. The number of carbonyl (C=O) groups excluding carboxylic acids is 2. The quantitative estimate of drug-likeness (QED) is 0.848. The summed E-state index contributed by atoms with van der Waals surface area (Å²) >= 11 is 0. The first-order valence-electron chi connectivity index (χ1n) is 10.2. The summed E-state index contributed by atoms with van der Waals surface area (Å²) in [6, 6.07) is 4.30. The second-order valence-electron chi connectivity index (χ2n) is 7.86. The molecule has 3 aliphatic rings. The van der Waals surface area contributed by atoms with Crippen LogP contribution in [0.15, 0.2) is 18.3 Å². The number of carbonyl (C=O) groups is 2. The Morgan fingerprint density at radius 3 is 2.33 bits per heavy atom. The fourth-order valence-electron chi connectivity index (χ4n) is 3.77. The van der Waals surface area contributed by atoms with Crippen molar-refractivity contribution in [2.75, 3.05) is 51.1 Å². The molecule has 2 aliphatic heterocycles. The predicted molar refractivity (Wildman–Crippen MR) is 104 cm³/mol. The van der Waals surface area contributed by atoms with Gasteiger partial charge in [0.15, 0.2) is 0 Å². The molecule has 0 radical (unpaired) electrons. The van der Waals surface area contributed by atoms with Crippen molar-refractivity contribution in [2.24, 2.45) is 0 Å². The van der Waals surface area contributed by atoms with Gasteiger partial charge in [0.2, 0.25) is 5.91 Å². The molecule has 0 unspecified atom stereocenters. The molecule has 146 valence electrons. The van der Waals surface area contributed by atoms with Crippen LogP contribution < -0.4 is 5.32 Å². The number of anilines is 1. The van der Waals surface area contributed by atoms with Crippen LogP contribution >= 0.6 is 0 Å². The normalized spacial score (nSPS) is 21.2. The van der Waals surface area contributed by atoms with Crippen molar-refractivity contribution >= 4 is 17.6 Å². The maximum absolute atomic E-state index is 12.7. The van der Waals surface area contributed by atoms with Crippen LogP contribution in [0.2, 0.25) is 0 Å². The molecular weight excluding hydrogens is 342 g/mol. The van der Waals surface area contributed by atoms with Crippen molar-refractivity contribution in [3.8, 4) is 0 Å². The van der Waals surface area contributed by atoms with Crippen LogP contribution in [0.5, 0.6) is 0 Å². The Morgan fingerprint density at radius 2 is 1.70 bits per heavy atom. The van der Waals surface area contributed by atoms with E-state index in [-0.39, 0.29) is 11.8 Å². The Bertz CT molecular complexity index is 659. The predicted octanol–water partition coefficient (Wildman–Crippen LogP) is 1.43. The standard InChI is InChI=1S/C20H29N5O2/c26-19(24-8-2-1-3-9-24)15-23-10-12-25(13-11-23)20(27)16-4-7-18(21-14-16)22-17-5-6-17/h4,7,14,17H,1-3,5-6,8-13,15H2,(H,21,22). The van der Waals surface area contributed by atoms with Crippen LogP contribution in [-0.4, -0.2) is 83.4 Å². The van der Waals surface area contributed by atoms with Gasteiger partial charge in [-0.1, -0.05) is 0 Å². The number of nitrogens with one attached hydrogen (secondary N) is 1. The van der Waals surface area contributed by atoms with E-state index in [4.69, 9.17) is 0 Å². The van der Waals surface area contributed by atoms with Gasteiger partial charge in [0, 0.05) is 51.5 Å². The van der Waals surface area contributed by atoms with Gasteiger partial charge in [0.25, 0.3) is 5.91 Å². The number of likely N-dealkylation sites (tertiary alicyclic amines) is 1. The van der Waals surface area contributed by atoms with Gasteiger partial charge < -0.3 is 15.1 Å². The van der Waals surface area contributed by atoms with Gasteiger partial charge in [-0.05, 0) is 44.2 Å². The molecule has 7 nitrogen and oxygen atoms in total. The largest absolute Gasteiger partial charge is 0.367 e. The zero-order chi connectivity index (χ0) is 18.6. The molecule has 27 heavy (non-hydrogen) atoms. The van der Waals surface area contributed by atoms with Gasteiger partial charge in [-0.15, -0.1) is 0 Å². The smallest absolute Gasteiger partial charge is 0.255 e. The lowest BCUT2D eigenvalue weighted by atomic mass is 10.1. The molecular formula is C20H29N5O2. The van der Waals surface area contributed by atoms with Gasteiger partial charge in [-0.2, -0.15) is 0 Å². The van der Waals surface area contributed by atoms with Crippen molar-refractivity contribution in [3.63, 3.8) is 0 Å². The number of nitrogens with zero attached hydrogens (tertiary/aromatic N) is 4. The molecule has 1 aromatic heterocycles. The van der Waals surface area contributed by atoms with Crippen LogP contribution in [-0.2, 0) is 4.79 Å². The Balaban J connectivity index is 1.24. The lowest BCUT2D eigenvalue weighted by Gasteiger charge is -2.36. The van der Waals surface area contributed by atoms with E-state index in [2.05, 4.69) is 15.2 Å². The third-order valence-electron chi connectivity index (χ3n) is 5.67. The summed E-state index contributed by atoms with van der Waals surface area (Å²) in [6.45, 7) is 5.10. The van der Waals surface area contributed by atoms with Crippen LogP contribution in [0.4, 0.5) is 5.82 Å². The van der Waals surface area contributed by atoms with E-state index in [1.54, 1.807) is 6.20 Å². The second kappa shape index (κ2) is 8.25. The van der Waals surface area contributed by atoms with E-state index < -0.39 is 0 Å². The molecule has 0 bridgehead atoms. The van der Waals surface area contributed by atoms with Gasteiger partial charge in [0.1, 0.15) is 5.82 Å². The van der Waals surface area contributed by atoms with Gasteiger partial charge >= 0.3 is 0 Å². The van der Waals surface area contributed by atoms with Gasteiger partial charge in [-0.25, -0.2) is 4.98 Å². The van der Waals surface area contributed by atoms with Crippen molar-refractivity contribution in [3.05, 3.63) is 23.9 Å². The Hall–Kier alpha value is -2.15. The van der Waals surface area contributed by atoms with Crippen molar-refractivity contribution < 1.29 is 9.59 Å². The highest BCUT2D eigenvalue weighted by Crippen LogP contribution is 2.23. The fraction of sp³-hybridized carbons (Fsp3) is 0.650. The highest BCUT2D eigenvalue weighted by Gasteiger charge is 2.26. The highest BCUT2D eigenvalue weighted by atomic mass is 16.2. The maximum atomic E-state index is 12.7. The summed E-state index contributed by atoms with van der Waals surface area (Å²) in [6.07, 6.45) is 7.55. The SMILES string of the molecule is O=C(CN1CCN(C(=O)c2ccc(NC3CC3)nc2)CC1)N1CCCCC1. The van der Waals surface area contributed by atoms with E-state index >= 15 is 0 Å². The summed E-state index contributed by atoms with van der Waals surface area (Å²) in [5, 5.41) is 3.33. The summed E-state index contributed by atoms with van der Waals surface area (Å²) in [7, 11) is 0. The number of piperidine rings is 1. The minimum Gasteiger partial charge on any atom is -0.367 e. The Kier molecular flexibility index (Phi) is 5.57. The lowest BCUT2D eigenvalue weighted by Crippen LogP contribution is -2.52. The molecule has 2 saturated heterocycles. The molecule has 0 spiro atoms. The number of amides is 2. The zero-order valence-corrected chi connectivity index (χ0v) is 15.9. The van der Waals surface area contributed by atoms with Crippen LogP contribution in [0.1, 0.15) is 42.5 Å². The number of piperazine rings is 1. The Morgan fingerprint density at radius 1 is 0.963 bits per heavy atom. The highest BCUT2D eigenvalue weighted by molar-refractivity contribution is 5.94. The lowest BCUT2D eigenvalue weighted by molar-refractivity contribution is -0.133. The maximum Gasteiger partial charge on any atom is 0.255 e. The monoisotopic (exact) mass is 371 g/mol. The van der Waals surface area contributed by atoms with Crippen molar-refractivity contribution in [1.82, 2.24) is 19.7 Å². The first-order valence-corrected chi connectivity index (χ1v) is 10.2. The first-order chi connectivity index (χ1) is 13.2. The van der Waals surface area contributed by atoms with Crippen molar-refractivity contribution in [1.29, 1.82) is 0 Å². The van der Waals surface area contributed by atoms with E-state index in [0.717, 1.165) is 44.8 Å². The topological polar surface area (TPSA) is 68.8 Å². The summed E-state index contributed by atoms with van der Waals surface area (Å²) < 4.78 is 0. The molecule has 1 N–H and O–H groups in total. The van der Waals surface area contributed by atoms with E-state index in [1.165, 1.54) is 19.3 Å². The minimum absolute atomic E-state index is 0.0301. The van der Waals surface area contributed by atoms with E-state index in [1.807, 2.05) is 21.9 Å². The molecule has 1 aromatic rings. The molecule has 2 amide bonds. The first kappa shape index (κ1) is 18.2. The summed E-state index contributed by atoms with van der Waals surface area (Å²) in [5.74, 6) is 1.11. The molecule has 4 rings (SSSR count). The summed E-state index contributed by atoms with van der Waals surface area (Å²) in [5.41, 5.74) is 0.634. The molecule has 0 atom stereocenters. The molecule has 1 saturated carbocycles. The molecule has 1 aliphatic carbocycles. The third-order valence-corrected chi connectivity index (χ3v) is 5.67. The van der Waals surface area contributed by atoms with Crippen molar-refractivity contribution in [2.45, 2.75) is 38.1 Å². The van der Waals surface area contributed by atoms with Gasteiger partial charge in [0.05, 0.1) is 12.1 Å². The van der Waals surface area contributed by atoms with Gasteiger partial charge in [-0.3, -0.25) is 14.5 Å². The van der Waals surface area contributed by atoms with Crippen LogP contribution in [0.25, 0.3) is 0 Å². The fourth-order valence-corrected chi connectivity index (χ4v) is 3.77. The average Bonchev–Trinajstić information content (AvgIpc) is 3.53. The van der Waals surface area contributed by atoms with Crippen LogP contribution in [0.3, 0.4) is 0 Å². The van der Waals surface area contributed by atoms with E-state index in [0.29, 0.717) is 31.2 Å². The van der Waals surface area contributed by atoms with E-state index in [9.17, 15) is 9.59 Å². The number of hydrogen-bond acceptors (Lipinski definition) is 5. The molecule has 3 heterocycles. The number of pyridine rings is 1. The zero-order valence-electron chi connectivity index (χ0n) is 15.9. The van der Waals surface area contributed by atoms with Crippen LogP contribution in [0, 0.1) is 0 Å². The second-order valence-corrected chi connectivity index (χ2v) is 7.86. The molecule has 0 aromatic carbocycles. The Labute approximate surface area is 160 Å². The minimum atomic E-state index is 0.0301. The molecule has 3 fully saturated rings. The number of aromatic nitrogens is 1. The third kappa shape index (κ3) is 4.77. The summed E-state index contributed by atoms with van der Waals surface area (Å²) in [4.78, 5) is 35.5. The number of rotatable bonds is 5. The average molecular weight is 371 g/mol.